The number of carbonyl (C=O) groups is 1. The molecule has 5 rings (SSSR count). The Labute approximate surface area is 222 Å². The minimum absolute atomic E-state index is 0.0405. The lowest BCUT2D eigenvalue weighted by atomic mass is 10.00. The average Bonchev–Trinajstić information content (AvgIpc) is 3.60. The van der Waals surface area contributed by atoms with Crippen molar-refractivity contribution >= 4 is 22.8 Å². The molecular weight excluding hydrogens is 478 g/mol. The van der Waals surface area contributed by atoms with E-state index in [2.05, 4.69) is 27.1 Å². The van der Waals surface area contributed by atoms with Gasteiger partial charge in [-0.05, 0) is 63.0 Å². The van der Waals surface area contributed by atoms with Crippen LogP contribution >= 0.6 is 0 Å². The van der Waals surface area contributed by atoms with Gasteiger partial charge in [-0.25, -0.2) is 9.97 Å². The zero-order chi connectivity index (χ0) is 26.8. The van der Waals surface area contributed by atoms with E-state index in [1.165, 1.54) is 6.42 Å². The minimum atomic E-state index is -0.200. The van der Waals surface area contributed by atoms with Gasteiger partial charge in [-0.3, -0.25) is 14.5 Å². The summed E-state index contributed by atoms with van der Waals surface area (Å²) in [5.74, 6) is 0.822. The highest BCUT2D eigenvalue weighted by Crippen LogP contribution is 2.28. The van der Waals surface area contributed by atoms with Crippen LogP contribution in [0.5, 0.6) is 0 Å². The second kappa shape index (κ2) is 10.8. The Hall–Kier alpha value is -3.98. The summed E-state index contributed by atoms with van der Waals surface area (Å²) < 4.78 is 1.84. The summed E-state index contributed by atoms with van der Waals surface area (Å²) >= 11 is 0. The monoisotopic (exact) mass is 513 g/mol. The zero-order valence-corrected chi connectivity index (χ0v) is 22.3. The number of likely N-dealkylation sites (tertiary alicyclic amines) is 1. The first-order chi connectivity index (χ1) is 18.4. The number of nitrogens with two attached hydrogens (primary N) is 1. The molecule has 0 saturated carbocycles. The van der Waals surface area contributed by atoms with Crippen molar-refractivity contribution in [2.75, 3.05) is 25.4 Å². The Morgan fingerprint density at radius 2 is 2.05 bits per heavy atom. The third-order valence-corrected chi connectivity index (χ3v) is 7.57. The molecule has 9 nitrogen and oxygen atoms in total. The summed E-state index contributed by atoms with van der Waals surface area (Å²) in [5, 5.41) is 3.61. The van der Waals surface area contributed by atoms with E-state index in [1.54, 1.807) is 18.5 Å². The molecule has 1 aromatic carbocycles. The first kappa shape index (κ1) is 25.7. The molecule has 9 heteroatoms. The van der Waals surface area contributed by atoms with Gasteiger partial charge in [-0.1, -0.05) is 25.1 Å². The fourth-order valence-electron chi connectivity index (χ4n) is 5.58. The van der Waals surface area contributed by atoms with Gasteiger partial charge in [0, 0.05) is 37.1 Å². The first-order valence-electron chi connectivity index (χ1n) is 13.3. The fourth-order valence-corrected chi connectivity index (χ4v) is 5.58. The molecule has 0 bridgehead atoms. The van der Waals surface area contributed by atoms with E-state index in [9.17, 15) is 9.59 Å². The summed E-state index contributed by atoms with van der Waals surface area (Å²) in [5.41, 5.74) is 10.8. The highest BCUT2D eigenvalue weighted by atomic mass is 16.1. The van der Waals surface area contributed by atoms with Crippen LogP contribution in [-0.2, 0) is 17.8 Å². The number of imidazole rings is 1. The van der Waals surface area contributed by atoms with E-state index in [-0.39, 0.29) is 11.3 Å². The van der Waals surface area contributed by atoms with E-state index in [0.717, 1.165) is 41.9 Å². The van der Waals surface area contributed by atoms with Gasteiger partial charge < -0.3 is 20.6 Å². The van der Waals surface area contributed by atoms with Crippen LogP contribution in [0.25, 0.3) is 33.7 Å². The van der Waals surface area contributed by atoms with Crippen LogP contribution in [0.2, 0.25) is 0 Å². The van der Waals surface area contributed by atoms with Crippen LogP contribution in [0.4, 0.5) is 5.82 Å². The van der Waals surface area contributed by atoms with Crippen LogP contribution in [0.1, 0.15) is 37.8 Å². The SMILES string of the molecule is CCN1CCCC1CNC(=O)Cc1ccc(-c2ccc3c(=O)c(-c4ncc[nH]4)c(N)n(CC)c3n2)c(C)c1. The summed E-state index contributed by atoms with van der Waals surface area (Å²) in [6.07, 6.45) is 5.95. The fraction of sp³-hybridized carbons (Fsp3) is 0.379. The maximum Gasteiger partial charge on any atom is 0.224 e. The van der Waals surface area contributed by atoms with Gasteiger partial charge in [0.2, 0.25) is 11.3 Å². The van der Waals surface area contributed by atoms with Crippen molar-refractivity contribution in [1.29, 1.82) is 0 Å². The Kier molecular flexibility index (Phi) is 7.28. The number of aryl methyl sites for hydroxylation is 2. The molecule has 3 aromatic heterocycles. The van der Waals surface area contributed by atoms with Crippen molar-refractivity contribution in [2.24, 2.45) is 0 Å². The van der Waals surface area contributed by atoms with Crippen molar-refractivity contribution < 1.29 is 4.79 Å². The van der Waals surface area contributed by atoms with Crippen molar-refractivity contribution in [1.82, 2.24) is 29.7 Å². The van der Waals surface area contributed by atoms with Gasteiger partial charge in [0.15, 0.2) is 0 Å². The Bertz CT molecular complexity index is 1520. The molecule has 1 aliphatic heterocycles. The van der Waals surface area contributed by atoms with E-state index in [1.807, 2.05) is 42.7 Å². The molecule has 1 aliphatic rings. The first-order valence-corrected chi connectivity index (χ1v) is 13.3. The topological polar surface area (TPSA) is 122 Å². The smallest absolute Gasteiger partial charge is 0.224 e. The van der Waals surface area contributed by atoms with Crippen molar-refractivity contribution in [3.8, 4) is 22.6 Å². The Morgan fingerprint density at radius 1 is 1.21 bits per heavy atom. The number of carbonyl (C=O) groups excluding carboxylic acids is 1. The predicted octanol–water partition coefficient (Wildman–Crippen LogP) is 3.51. The number of nitrogens with one attached hydrogen (secondary N) is 2. The minimum Gasteiger partial charge on any atom is -0.384 e. The van der Waals surface area contributed by atoms with Crippen molar-refractivity contribution in [3.63, 3.8) is 0 Å². The number of hydrogen-bond donors (Lipinski definition) is 3. The number of benzene rings is 1. The van der Waals surface area contributed by atoms with Gasteiger partial charge in [0.1, 0.15) is 22.9 Å². The second-order valence-electron chi connectivity index (χ2n) is 9.89. The number of hydrogen-bond acceptors (Lipinski definition) is 6. The third-order valence-electron chi connectivity index (χ3n) is 7.57. The molecule has 4 N–H and O–H groups in total. The quantitative estimate of drug-likeness (QED) is 0.332. The normalized spacial score (nSPS) is 15.8. The zero-order valence-electron chi connectivity index (χ0n) is 22.3. The van der Waals surface area contributed by atoms with Crippen LogP contribution in [0.3, 0.4) is 0 Å². The largest absolute Gasteiger partial charge is 0.384 e. The van der Waals surface area contributed by atoms with Crippen LogP contribution in [0.15, 0.2) is 47.5 Å². The summed E-state index contributed by atoms with van der Waals surface area (Å²) in [6, 6.07) is 10.1. The lowest BCUT2D eigenvalue weighted by Gasteiger charge is -2.22. The number of amides is 1. The highest BCUT2D eigenvalue weighted by Gasteiger charge is 2.23. The van der Waals surface area contributed by atoms with Gasteiger partial charge in [0.05, 0.1) is 17.5 Å². The lowest BCUT2D eigenvalue weighted by Crippen LogP contribution is -2.40. The predicted molar refractivity (Wildman–Crippen MR) is 151 cm³/mol. The summed E-state index contributed by atoms with van der Waals surface area (Å²) in [4.78, 5) is 40.5. The average molecular weight is 514 g/mol. The number of fused-ring (bicyclic) bond motifs is 1. The molecule has 0 radical (unpaired) electrons. The van der Waals surface area contributed by atoms with E-state index in [4.69, 9.17) is 10.7 Å². The van der Waals surface area contributed by atoms with E-state index in [0.29, 0.717) is 53.8 Å². The maximum absolute atomic E-state index is 13.3. The van der Waals surface area contributed by atoms with Gasteiger partial charge in [0.25, 0.3) is 0 Å². The molecule has 1 amide bonds. The maximum atomic E-state index is 13.3. The number of nitrogen functional groups attached to an aromatic ring is 1. The molecule has 1 fully saturated rings. The van der Waals surface area contributed by atoms with Crippen molar-refractivity contribution in [2.45, 2.75) is 52.6 Å². The van der Waals surface area contributed by atoms with Crippen LogP contribution < -0.4 is 16.5 Å². The Balaban J connectivity index is 1.39. The lowest BCUT2D eigenvalue weighted by molar-refractivity contribution is -0.120. The number of nitrogens with zero attached hydrogens (tertiary/aromatic N) is 4. The number of pyridine rings is 2. The molecule has 1 unspecified atom stereocenters. The Morgan fingerprint density at radius 3 is 2.76 bits per heavy atom. The number of anilines is 1. The molecular formula is C29H35N7O2. The van der Waals surface area contributed by atoms with Gasteiger partial charge >= 0.3 is 0 Å². The molecule has 198 valence electrons. The van der Waals surface area contributed by atoms with E-state index < -0.39 is 0 Å². The van der Waals surface area contributed by atoms with Gasteiger partial charge in [-0.15, -0.1) is 0 Å². The third kappa shape index (κ3) is 4.81. The molecule has 38 heavy (non-hydrogen) atoms. The molecule has 0 aliphatic carbocycles. The number of rotatable bonds is 8. The summed E-state index contributed by atoms with van der Waals surface area (Å²) in [7, 11) is 0. The van der Waals surface area contributed by atoms with Gasteiger partial charge in [-0.2, -0.15) is 0 Å². The van der Waals surface area contributed by atoms with E-state index >= 15 is 0 Å². The molecule has 0 spiro atoms. The number of likely N-dealkylation sites (N-methyl/N-ethyl adjacent to an activating group) is 1. The van der Waals surface area contributed by atoms with Crippen LogP contribution in [0, 0.1) is 6.92 Å². The second-order valence-corrected chi connectivity index (χ2v) is 9.89. The number of H-pyrrole nitrogens is 1. The molecule has 1 atom stereocenters. The standard InChI is InChI=1S/C29H35N7O2/c1-4-35-14-6-7-20(35)17-33-24(37)16-19-8-9-21(18(3)15-19)23-11-10-22-26(38)25(28-31-12-13-32-28)27(30)36(5-2)29(22)34-23/h8-13,15,20H,4-7,14,16-17,30H2,1-3H3,(H,31,32)(H,33,37). The number of aromatic nitrogens is 4. The highest BCUT2D eigenvalue weighted by molar-refractivity contribution is 5.87. The molecule has 4 aromatic rings. The summed E-state index contributed by atoms with van der Waals surface area (Å²) in [6.45, 7) is 9.55. The molecule has 1 saturated heterocycles. The number of aromatic amines is 1. The van der Waals surface area contributed by atoms with Crippen molar-refractivity contribution in [3.05, 3.63) is 64.1 Å². The van der Waals surface area contributed by atoms with Crippen LogP contribution in [-0.4, -0.2) is 56.0 Å². The molecule has 4 heterocycles.